The summed E-state index contributed by atoms with van der Waals surface area (Å²) >= 11 is 6.08. The van der Waals surface area contributed by atoms with Gasteiger partial charge in [-0.1, -0.05) is 60.2 Å². The lowest BCUT2D eigenvalue weighted by Gasteiger charge is -2.06. The molecule has 0 fully saturated rings. The molecule has 0 heterocycles. The molecule has 0 radical (unpaired) electrons. The van der Waals surface area contributed by atoms with Gasteiger partial charge in [-0.05, 0) is 29.7 Å². The van der Waals surface area contributed by atoms with E-state index >= 15 is 0 Å². The molecule has 2 aromatic carbocycles. The average Bonchev–Trinajstić information content (AvgIpc) is 2.61. The van der Waals surface area contributed by atoms with E-state index in [0.29, 0.717) is 23.6 Å². The number of hydrogen-bond donors (Lipinski definition) is 1. The second-order valence-electron chi connectivity index (χ2n) is 5.03. The predicted molar refractivity (Wildman–Crippen MR) is 94.4 cm³/mol. The highest BCUT2D eigenvalue weighted by molar-refractivity contribution is 6.32. The lowest BCUT2D eigenvalue weighted by atomic mass is 10.1. The van der Waals surface area contributed by atoms with Gasteiger partial charge in [-0.2, -0.15) is 5.26 Å². The van der Waals surface area contributed by atoms with Crippen LogP contribution in [0.4, 0.5) is 4.79 Å². The molecule has 1 amide bonds. The molecule has 0 saturated carbocycles. The first-order valence-electron chi connectivity index (χ1n) is 7.50. The third-order valence-electron chi connectivity index (χ3n) is 3.22. The minimum atomic E-state index is -0.441. The SMILES string of the molecule is N#Cc1ccc(C=CCCNC(=O)OCc2ccccc2)c(Cl)c1. The van der Waals surface area contributed by atoms with Crippen molar-refractivity contribution in [2.24, 2.45) is 0 Å². The van der Waals surface area contributed by atoms with Gasteiger partial charge < -0.3 is 10.1 Å². The van der Waals surface area contributed by atoms with Crippen molar-refractivity contribution in [3.63, 3.8) is 0 Å². The van der Waals surface area contributed by atoms with Crippen LogP contribution in [0, 0.1) is 11.3 Å². The Kier molecular flexibility index (Phi) is 6.88. The Morgan fingerprint density at radius 1 is 1.25 bits per heavy atom. The van der Waals surface area contributed by atoms with Gasteiger partial charge in [-0.15, -0.1) is 0 Å². The van der Waals surface area contributed by atoms with Crippen molar-refractivity contribution in [1.29, 1.82) is 5.26 Å². The molecule has 24 heavy (non-hydrogen) atoms. The highest BCUT2D eigenvalue weighted by Crippen LogP contribution is 2.19. The maximum Gasteiger partial charge on any atom is 0.407 e. The van der Waals surface area contributed by atoms with Crippen molar-refractivity contribution < 1.29 is 9.53 Å². The molecule has 4 nitrogen and oxygen atoms in total. The number of halogens is 1. The van der Waals surface area contributed by atoms with E-state index in [1.54, 1.807) is 18.2 Å². The van der Waals surface area contributed by atoms with Crippen LogP contribution in [0.3, 0.4) is 0 Å². The fraction of sp³-hybridized carbons (Fsp3) is 0.158. The highest BCUT2D eigenvalue weighted by Gasteiger charge is 2.01. The predicted octanol–water partition coefficient (Wildman–Crippen LogP) is 4.54. The second-order valence-corrected chi connectivity index (χ2v) is 5.43. The van der Waals surface area contributed by atoms with Crippen molar-refractivity contribution in [3.8, 4) is 6.07 Å². The molecular weight excluding hydrogens is 324 g/mol. The minimum absolute atomic E-state index is 0.253. The van der Waals surface area contributed by atoms with E-state index in [4.69, 9.17) is 21.6 Å². The van der Waals surface area contributed by atoms with Crippen LogP contribution >= 0.6 is 11.6 Å². The first-order valence-corrected chi connectivity index (χ1v) is 7.87. The van der Waals surface area contributed by atoms with Crippen LogP contribution in [0.5, 0.6) is 0 Å². The molecule has 2 rings (SSSR count). The number of ether oxygens (including phenoxy) is 1. The van der Waals surface area contributed by atoms with Gasteiger partial charge in [0.1, 0.15) is 6.61 Å². The summed E-state index contributed by atoms with van der Waals surface area (Å²) in [5.74, 6) is 0. The van der Waals surface area contributed by atoms with Crippen LogP contribution in [0.1, 0.15) is 23.1 Å². The normalized spacial score (nSPS) is 10.3. The number of hydrogen-bond acceptors (Lipinski definition) is 3. The molecule has 0 aromatic heterocycles. The number of carbonyl (C=O) groups excluding carboxylic acids is 1. The Morgan fingerprint density at radius 3 is 2.75 bits per heavy atom. The summed E-state index contributed by atoms with van der Waals surface area (Å²) in [5.41, 5.74) is 2.31. The van der Waals surface area contributed by atoms with E-state index in [0.717, 1.165) is 11.1 Å². The Labute approximate surface area is 146 Å². The summed E-state index contributed by atoms with van der Waals surface area (Å²) < 4.78 is 5.11. The lowest BCUT2D eigenvalue weighted by molar-refractivity contribution is 0.140. The van der Waals surface area contributed by atoms with Crippen molar-refractivity contribution in [1.82, 2.24) is 5.32 Å². The van der Waals surface area contributed by atoms with Crippen LogP contribution in [-0.2, 0) is 11.3 Å². The van der Waals surface area contributed by atoms with Crippen LogP contribution in [0.2, 0.25) is 5.02 Å². The Balaban J connectivity index is 1.69. The number of rotatable bonds is 6. The molecule has 0 aliphatic carbocycles. The quantitative estimate of drug-likeness (QED) is 0.785. The Morgan fingerprint density at radius 2 is 2.04 bits per heavy atom. The standard InChI is InChI=1S/C19H17ClN2O2/c20-18-12-16(13-21)9-10-17(18)8-4-5-11-22-19(23)24-14-15-6-2-1-3-7-15/h1-4,6-10,12H,5,11,14H2,(H,22,23). The molecule has 0 aliphatic heterocycles. The summed E-state index contributed by atoms with van der Waals surface area (Å²) in [4.78, 5) is 11.6. The number of benzene rings is 2. The molecule has 2 aromatic rings. The summed E-state index contributed by atoms with van der Waals surface area (Å²) in [7, 11) is 0. The summed E-state index contributed by atoms with van der Waals surface area (Å²) in [6.07, 6.45) is 3.98. The topological polar surface area (TPSA) is 62.1 Å². The highest BCUT2D eigenvalue weighted by atomic mass is 35.5. The third-order valence-corrected chi connectivity index (χ3v) is 3.55. The average molecular weight is 341 g/mol. The van der Waals surface area contributed by atoms with Crippen molar-refractivity contribution in [3.05, 3.63) is 76.3 Å². The van der Waals surface area contributed by atoms with E-state index in [1.165, 1.54) is 0 Å². The smallest absolute Gasteiger partial charge is 0.407 e. The Bertz CT molecular complexity index is 752. The van der Waals surface area contributed by atoms with Gasteiger partial charge in [0.15, 0.2) is 0 Å². The second kappa shape index (κ2) is 9.39. The van der Waals surface area contributed by atoms with Gasteiger partial charge in [-0.3, -0.25) is 0 Å². The van der Waals surface area contributed by atoms with Gasteiger partial charge >= 0.3 is 6.09 Å². The van der Waals surface area contributed by atoms with Gasteiger partial charge in [0, 0.05) is 11.6 Å². The molecule has 5 heteroatoms. The Hall–Kier alpha value is -2.77. The number of nitrogens with one attached hydrogen (secondary N) is 1. The largest absolute Gasteiger partial charge is 0.445 e. The van der Waals surface area contributed by atoms with Gasteiger partial charge in [0.2, 0.25) is 0 Å². The third kappa shape index (κ3) is 5.79. The summed E-state index contributed by atoms with van der Waals surface area (Å²) in [5, 5.41) is 12.0. The molecule has 0 atom stereocenters. The van der Waals surface area contributed by atoms with E-state index in [1.807, 2.05) is 48.6 Å². The number of nitrogens with zero attached hydrogens (tertiary/aromatic N) is 1. The maximum absolute atomic E-state index is 11.6. The minimum Gasteiger partial charge on any atom is -0.445 e. The molecule has 122 valence electrons. The van der Waals surface area contributed by atoms with E-state index in [2.05, 4.69) is 5.32 Å². The van der Waals surface area contributed by atoms with Gasteiger partial charge in [-0.25, -0.2) is 4.79 Å². The summed E-state index contributed by atoms with van der Waals surface area (Å²) in [6, 6.07) is 16.7. The molecule has 1 N–H and O–H groups in total. The van der Waals surface area contributed by atoms with Crippen LogP contribution in [0.25, 0.3) is 6.08 Å². The molecule has 0 spiro atoms. The van der Waals surface area contributed by atoms with E-state index < -0.39 is 6.09 Å². The number of alkyl carbamates (subject to hydrolysis) is 1. The fourth-order valence-corrected chi connectivity index (χ4v) is 2.22. The molecule has 0 unspecified atom stereocenters. The van der Waals surface area contributed by atoms with Crippen molar-refractivity contribution >= 4 is 23.8 Å². The number of nitriles is 1. The first kappa shape index (κ1) is 17.6. The van der Waals surface area contributed by atoms with Crippen LogP contribution in [0.15, 0.2) is 54.6 Å². The molecule has 0 saturated heterocycles. The number of amides is 1. The fourth-order valence-electron chi connectivity index (χ4n) is 1.97. The van der Waals surface area contributed by atoms with Gasteiger partial charge in [0.05, 0.1) is 11.6 Å². The van der Waals surface area contributed by atoms with Crippen molar-refractivity contribution in [2.75, 3.05) is 6.54 Å². The molecular formula is C19H17ClN2O2. The summed E-state index contributed by atoms with van der Waals surface area (Å²) in [6.45, 7) is 0.724. The van der Waals surface area contributed by atoms with Crippen LogP contribution < -0.4 is 5.32 Å². The molecule has 0 aliphatic rings. The van der Waals surface area contributed by atoms with Crippen LogP contribution in [-0.4, -0.2) is 12.6 Å². The maximum atomic E-state index is 11.6. The van der Waals surface area contributed by atoms with Gasteiger partial charge in [0.25, 0.3) is 0 Å². The monoisotopic (exact) mass is 340 g/mol. The lowest BCUT2D eigenvalue weighted by Crippen LogP contribution is -2.24. The van der Waals surface area contributed by atoms with E-state index in [9.17, 15) is 4.79 Å². The molecule has 0 bridgehead atoms. The zero-order valence-corrected chi connectivity index (χ0v) is 13.8. The zero-order valence-electron chi connectivity index (χ0n) is 13.0. The first-order chi connectivity index (χ1) is 11.7. The number of carbonyl (C=O) groups is 1. The van der Waals surface area contributed by atoms with Crippen molar-refractivity contribution in [2.45, 2.75) is 13.0 Å². The zero-order chi connectivity index (χ0) is 17.2. The van der Waals surface area contributed by atoms with E-state index in [-0.39, 0.29) is 6.61 Å².